The van der Waals surface area contributed by atoms with Crippen LogP contribution in [0.25, 0.3) is 0 Å². The molecule has 0 atom stereocenters. The summed E-state index contributed by atoms with van der Waals surface area (Å²) >= 11 is 0. The molecule has 28 heavy (non-hydrogen) atoms. The van der Waals surface area contributed by atoms with Crippen molar-refractivity contribution >= 4 is 18.0 Å². The highest BCUT2D eigenvalue weighted by Gasteiger charge is 2.15. The van der Waals surface area contributed by atoms with E-state index in [1.165, 1.54) is 0 Å². The predicted molar refractivity (Wildman–Crippen MR) is 104 cm³/mol. The number of nitrogens with one attached hydrogen (secondary N) is 2. The molecule has 0 spiro atoms. The van der Waals surface area contributed by atoms with E-state index in [2.05, 4.69) is 10.6 Å². The van der Waals surface area contributed by atoms with Crippen molar-refractivity contribution in [3.63, 3.8) is 0 Å². The highest BCUT2D eigenvalue weighted by atomic mass is 16.6. The predicted octanol–water partition coefficient (Wildman–Crippen LogP) is 2.20. The van der Waals surface area contributed by atoms with Gasteiger partial charge in [0, 0.05) is 20.0 Å². The van der Waals surface area contributed by atoms with Gasteiger partial charge in [-0.05, 0) is 44.9 Å². The Bertz CT molecular complexity index is 637. The molecule has 8 heteroatoms. The van der Waals surface area contributed by atoms with Crippen LogP contribution in [-0.4, -0.2) is 50.4 Å². The average Bonchev–Trinajstić information content (AvgIpc) is 2.62. The van der Waals surface area contributed by atoms with E-state index >= 15 is 0 Å². The van der Waals surface area contributed by atoms with Gasteiger partial charge in [0.2, 0.25) is 5.91 Å². The van der Waals surface area contributed by atoms with Crippen molar-refractivity contribution in [2.24, 2.45) is 0 Å². The lowest BCUT2D eigenvalue weighted by molar-refractivity contribution is -0.135. The number of benzene rings is 1. The van der Waals surface area contributed by atoms with Gasteiger partial charge in [-0.15, -0.1) is 0 Å². The first-order valence-electron chi connectivity index (χ1n) is 9.24. The summed E-state index contributed by atoms with van der Waals surface area (Å²) < 4.78 is 15.6. The van der Waals surface area contributed by atoms with Gasteiger partial charge >= 0.3 is 12.1 Å². The quantitative estimate of drug-likeness (QED) is 0.358. The van der Waals surface area contributed by atoms with E-state index in [-0.39, 0.29) is 25.5 Å². The summed E-state index contributed by atoms with van der Waals surface area (Å²) in [6.45, 7) is 6.11. The van der Waals surface area contributed by atoms with Crippen molar-refractivity contribution < 1.29 is 28.6 Å². The Labute approximate surface area is 165 Å². The van der Waals surface area contributed by atoms with Crippen LogP contribution in [0.4, 0.5) is 4.79 Å². The second-order valence-corrected chi connectivity index (χ2v) is 7.08. The largest absolute Gasteiger partial charge is 0.444 e. The topological polar surface area (TPSA) is 103 Å². The molecule has 0 radical (unpaired) electrons. The summed E-state index contributed by atoms with van der Waals surface area (Å²) in [5.41, 5.74) is 0.445. The van der Waals surface area contributed by atoms with Crippen molar-refractivity contribution in [3.8, 4) is 5.75 Å². The van der Waals surface area contributed by atoms with Gasteiger partial charge in [-0.25, -0.2) is 4.79 Å². The number of aryl methyl sites for hydroxylation is 1. The van der Waals surface area contributed by atoms with Crippen LogP contribution in [0.5, 0.6) is 5.75 Å². The lowest BCUT2D eigenvalue weighted by Crippen LogP contribution is -2.34. The summed E-state index contributed by atoms with van der Waals surface area (Å²) in [4.78, 5) is 34.5. The van der Waals surface area contributed by atoms with Crippen molar-refractivity contribution in [1.29, 1.82) is 0 Å². The van der Waals surface area contributed by atoms with E-state index < -0.39 is 17.7 Å². The summed E-state index contributed by atoms with van der Waals surface area (Å²) in [6.07, 6.45) is 0.633. The molecule has 0 aliphatic carbocycles. The van der Waals surface area contributed by atoms with Gasteiger partial charge in [0.15, 0.2) is 0 Å². The van der Waals surface area contributed by atoms with Crippen LogP contribution in [0.15, 0.2) is 24.3 Å². The minimum atomic E-state index is -0.545. The fourth-order valence-electron chi connectivity index (χ4n) is 2.09. The van der Waals surface area contributed by atoms with Crippen LogP contribution in [0.1, 0.15) is 39.2 Å². The molecule has 2 amide bonds. The molecule has 8 nitrogen and oxygen atoms in total. The molecule has 1 aromatic carbocycles. The molecule has 0 saturated heterocycles. The summed E-state index contributed by atoms with van der Waals surface area (Å²) in [6, 6.07) is 7.04. The molecule has 0 aliphatic heterocycles. The minimum absolute atomic E-state index is 0.0169. The Morgan fingerprint density at radius 2 is 1.68 bits per heavy atom. The van der Waals surface area contributed by atoms with E-state index in [9.17, 15) is 14.4 Å². The second kappa shape index (κ2) is 12.0. The third-order valence-corrected chi connectivity index (χ3v) is 3.44. The number of hydrogen-bond acceptors (Lipinski definition) is 6. The molecule has 0 saturated carbocycles. The van der Waals surface area contributed by atoms with E-state index in [0.717, 1.165) is 5.56 Å². The maximum Gasteiger partial charge on any atom is 0.407 e. The lowest BCUT2D eigenvalue weighted by atomic mass is 10.1. The second-order valence-electron chi connectivity index (χ2n) is 7.08. The van der Waals surface area contributed by atoms with Gasteiger partial charge < -0.3 is 24.8 Å². The fourth-order valence-corrected chi connectivity index (χ4v) is 2.09. The van der Waals surface area contributed by atoms with E-state index in [0.29, 0.717) is 25.1 Å². The number of rotatable bonds is 10. The highest BCUT2D eigenvalue weighted by Crippen LogP contribution is 2.14. The van der Waals surface area contributed by atoms with Crippen LogP contribution in [0.3, 0.4) is 0 Å². The zero-order chi connectivity index (χ0) is 21.0. The van der Waals surface area contributed by atoms with E-state index in [1.54, 1.807) is 40.0 Å². The molecule has 0 aliphatic rings. The molecule has 2 N–H and O–H groups in total. The normalized spacial score (nSPS) is 10.9. The number of carbonyl (C=O) groups is 3. The Morgan fingerprint density at radius 1 is 1.00 bits per heavy atom. The lowest BCUT2D eigenvalue weighted by Gasteiger charge is -2.19. The maximum absolute atomic E-state index is 11.8. The number of hydrogen-bond donors (Lipinski definition) is 2. The summed E-state index contributed by atoms with van der Waals surface area (Å²) in [7, 11) is 1.60. The maximum atomic E-state index is 11.8. The van der Waals surface area contributed by atoms with E-state index in [4.69, 9.17) is 14.2 Å². The molecular formula is C20H30N2O6. The first-order valence-corrected chi connectivity index (χ1v) is 9.24. The van der Waals surface area contributed by atoms with Gasteiger partial charge in [0.1, 0.15) is 11.4 Å². The number of esters is 1. The first kappa shape index (κ1) is 23.4. The minimum Gasteiger partial charge on any atom is -0.444 e. The summed E-state index contributed by atoms with van der Waals surface area (Å²) in [5, 5.41) is 5.14. The number of amides is 2. The zero-order valence-corrected chi connectivity index (χ0v) is 17.0. The Hall–Kier alpha value is -2.61. The zero-order valence-electron chi connectivity index (χ0n) is 17.0. The number of carbonyl (C=O) groups excluding carboxylic acids is 3. The summed E-state index contributed by atoms with van der Waals surface area (Å²) in [5.74, 6) is 0.0234. The molecule has 1 aromatic rings. The van der Waals surface area contributed by atoms with Crippen molar-refractivity contribution in [2.75, 3.05) is 26.8 Å². The van der Waals surface area contributed by atoms with Gasteiger partial charge in [0.25, 0.3) is 0 Å². The first-order chi connectivity index (χ1) is 13.2. The van der Waals surface area contributed by atoms with Gasteiger partial charge in [-0.3, -0.25) is 9.59 Å². The van der Waals surface area contributed by atoms with Gasteiger partial charge in [-0.1, -0.05) is 12.1 Å². The monoisotopic (exact) mass is 394 g/mol. The molecule has 0 heterocycles. The Morgan fingerprint density at radius 3 is 2.29 bits per heavy atom. The Kier molecular flexibility index (Phi) is 10.0. The molecular weight excluding hydrogens is 364 g/mol. The van der Waals surface area contributed by atoms with Gasteiger partial charge in [-0.2, -0.15) is 0 Å². The van der Waals surface area contributed by atoms with Crippen LogP contribution in [0.2, 0.25) is 0 Å². The van der Waals surface area contributed by atoms with Crippen LogP contribution < -0.4 is 15.4 Å². The molecule has 156 valence electrons. The molecule has 0 fully saturated rings. The van der Waals surface area contributed by atoms with Crippen molar-refractivity contribution in [1.82, 2.24) is 10.6 Å². The highest BCUT2D eigenvalue weighted by molar-refractivity contribution is 5.75. The molecule has 0 bridgehead atoms. The van der Waals surface area contributed by atoms with Crippen molar-refractivity contribution in [2.45, 2.75) is 45.6 Å². The molecule has 1 rings (SSSR count). The van der Waals surface area contributed by atoms with Crippen LogP contribution in [0, 0.1) is 0 Å². The Balaban J connectivity index is 2.16. The fraction of sp³-hybridized carbons (Fsp3) is 0.550. The number of alkyl carbamates (subject to hydrolysis) is 1. The third kappa shape index (κ3) is 11.2. The number of ether oxygens (including phenoxy) is 3. The molecule has 0 aromatic heterocycles. The van der Waals surface area contributed by atoms with Gasteiger partial charge in [0.05, 0.1) is 19.6 Å². The van der Waals surface area contributed by atoms with Crippen molar-refractivity contribution in [3.05, 3.63) is 29.8 Å². The standard InChI is InChI=1S/C20H30N2O6/c1-20(2,3)28-19(25)22-12-14-26-13-11-18(24)27-16-8-5-15(6-9-16)7-10-17(23)21-4/h5-6,8-9H,7,10-14H2,1-4H3,(H,21,23)(H,22,25). The average molecular weight is 394 g/mol. The van der Waals surface area contributed by atoms with E-state index in [1.807, 2.05) is 12.1 Å². The molecule has 0 unspecified atom stereocenters. The smallest absolute Gasteiger partial charge is 0.407 e. The van der Waals surface area contributed by atoms with Crippen LogP contribution >= 0.6 is 0 Å². The third-order valence-electron chi connectivity index (χ3n) is 3.44. The van der Waals surface area contributed by atoms with Crippen LogP contribution in [-0.2, 0) is 25.5 Å². The SMILES string of the molecule is CNC(=O)CCc1ccc(OC(=O)CCOCCNC(=O)OC(C)(C)C)cc1.